The van der Waals surface area contributed by atoms with E-state index in [1.165, 1.54) is 0 Å². The molecule has 3 aromatic rings. The van der Waals surface area contributed by atoms with E-state index < -0.39 is 0 Å². The summed E-state index contributed by atoms with van der Waals surface area (Å²) in [6, 6.07) is 10.0. The van der Waals surface area contributed by atoms with Crippen molar-refractivity contribution in [2.75, 3.05) is 0 Å². The molecular formula is C14H14N4. The maximum absolute atomic E-state index is 5.63. The van der Waals surface area contributed by atoms with E-state index >= 15 is 0 Å². The van der Waals surface area contributed by atoms with Crippen molar-refractivity contribution >= 4 is 11.0 Å². The minimum atomic E-state index is 0.538. The van der Waals surface area contributed by atoms with Gasteiger partial charge in [0.25, 0.3) is 0 Å². The van der Waals surface area contributed by atoms with Crippen molar-refractivity contribution in [1.29, 1.82) is 0 Å². The van der Waals surface area contributed by atoms with Crippen LogP contribution in [-0.4, -0.2) is 15.0 Å². The van der Waals surface area contributed by atoms with Gasteiger partial charge in [0, 0.05) is 24.0 Å². The molecule has 3 N–H and O–H groups in total. The molecule has 0 aliphatic rings. The van der Waals surface area contributed by atoms with Gasteiger partial charge in [0.1, 0.15) is 5.82 Å². The van der Waals surface area contributed by atoms with Crippen LogP contribution in [0.1, 0.15) is 11.3 Å². The van der Waals surface area contributed by atoms with Crippen molar-refractivity contribution in [2.24, 2.45) is 5.73 Å². The van der Waals surface area contributed by atoms with Gasteiger partial charge in [0.15, 0.2) is 0 Å². The third-order valence-corrected chi connectivity index (χ3v) is 2.97. The second kappa shape index (κ2) is 4.23. The fourth-order valence-corrected chi connectivity index (χ4v) is 1.93. The Bertz CT molecular complexity index is 683. The Kier molecular flexibility index (Phi) is 2.57. The Labute approximate surface area is 105 Å². The Balaban J connectivity index is 2.10. The lowest BCUT2D eigenvalue weighted by atomic mass is 10.2. The minimum Gasteiger partial charge on any atom is -0.338 e. The summed E-state index contributed by atoms with van der Waals surface area (Å²) < 4.78 is 0. The Morgan fingerprint density at radius 3 is 2.83 bits per heavy atom. The van der Waals surface area contributed by atoms with Gasteiger partial charge in [0.05, 0.1) is 11.0 Å². The van der Waals surface area contributed by atoms with E-state index in [0.717, 1.165) is 33.7 Å². The number of rotatable bonds is 2. The average molecular weight is 238 g/mol. The summed E-state index contributed by atoms with van der Waals surface area (Å²) in [6.45, 7) is 2.51. The first kappa shape index (κ1) is 10.9. The van der Waals surface area contributed by atoms with Crippen LogP contribution < -0.4 is 5.73 Å². The number of imidazole rings is 1. The SMILES string of the molecule is Cc1ccc(-c2nc3ccc(CN)cc3[nH]2)cn1. The first-order valence-electron chi connectivity index (χ1n) is 5.88. The number of nitrogens with one attached hydrogen (secondary N) is 1. The maximum Gasteiger partial charge on any atom is 0.140 e. The Morgan fingerprint density at radius 2 is 2.11 bits per heavy atom. The van der Waals surface area contributed by atoms with Crippen LogP contribution in [0.3, 0.4) is 0 Å². The third kappa shape index (κ3) is 1.87. The highest BCUT2D eigenvalue weighted by atomic mass is 14.9. The number of nitrogens with two attached hydrogens (primary N) is 1. The quantitative estimate of drug-likeness (QED) is 0.720. The van der Waals surface area contributed by atoms with Crippen LogP contribution in [0.2, 0.25) is 0 Å². The van der Waals surface area contributed by atoms with Crippen molar-refractivity contribution in [3.8, 4) is 11.4 Å². The summed E-state index contributed by atoms with van der Waals surface area (Å²) in [5, 5.41) is 0. The van der Waals surface area contributed by atoms with Gasteiger partial charge < -0.3 is 10.7 Å². The van der Waals surface area contributed by atoms with Gasteiger partial charge in [-0.15, -0.1) is 0 Å². The monoisotopic (exact) mass is 238 g/mol. The summed E-state index contributed by atoms with van der Waals surface area (Å²) in [7, 11) is 0. The molecule has 0 amide bonds. The van der Waals surface area contributed by atoms with Gasteiger partial charge in [-0.3, -0.25) is 4.98 Å². The van der Waals surface area contributed by atoms with E-state index in [9.17, 15) is 0 Å². The number of aryl methyl sites for hydroxylation is 1. The predicted octanol–water partition coefficient (Wildman–Crippen LogP) is 2.39. The van der Waals surface area contributed by atoms with Crippen LogP contribution in [0.4, 0.5) is 0 Å². The molecule has 0 bridgehead atoms. The molecular weight excluding hydrogens is 224 g/mol. The van der Waals surface area contributed by atoms with Gasteiger partial charge >= 0.3 is 0 Å². The van der Waals surface area contributed by atoms with E-state index in [1.54, 1.807) is 0 Å². The average Bonchev–Trinajstić information content (AvgIpc) is 2.82. The van der Waals surface area contributed by atoms with Crippen molar-refractivity contribution < 1.29 is 0 Å². The predicted molar refractivity (Wildman–Crippen MR) is 72.0 cm³/mol. The highest BCUT2D eigenvalue weighted by Crippen LogP contribution is 2.20. The zero-order valence-corrected chi connectivity index (χ0v) is 10.1. The first-order chi connectivity index (χ1) is 8.76. The molecule has 4 nitrogen and oxygen atoms in total. The number of hydrogen-bond donors (Lipinski definition) is 2. The topological polar surface area (TPSA) is 67.6 Å². The molecule has 2 heterocycles. The normalized spacial score (nSPS) is 11.0. The number of H-pyrrole nitrogens is 1. The highest BCUT2D eigenvalue weighted by Gasteiger charge is 2.05. The van der Waals surface area contributed by atoms with Crippen LogP contribution in [-0.2, 0) is 6.54 Å². The summed E-state index contributed by atoms with van der Waals surface area (Å²) in [4.78, 5) is 12.1. The second-order valence-electron chi connectivity index (χ2n) is 4.33. The van der Waals surface area contributed by atoms with Crippen molar-refractivity contribution in [3.63, 3.8) is 0 Å². The van der Waals surface area contributed by atoms with E-state index in [2.05, 4.69) is 15.0 Å². The molecule has 2 aromatic heterocycles. The van der Waals surface area contributed by atoms with E-state index in [1.807, 2.05) is 43.5 Å². The summed E-state index contributed by atoms with van der Waals surface area (Å²) in [6.07, 6.45) is 1.83. The standard InChI is InChI=1S/C14H14N4/c1-9-2-4-11(8-16-9)14-17-12-5-3-10(7-15)6-13(12)18-14/h2-6,8H,7,15H2,1H3,(H,17,18). The molecule has 0 spiro atoms. The number of aromatic amines is 1. The molecule has 90 valence electrons. The van der Waals surface area contributed by atoms with Crippen molar-refractivity contribution in [2.45, 2.75) is 13.5 Å². The lowest BCUT2D eigenvalue weighted by Gasteiger charge is -1.96. The number of aromatic nitrogens is 3. The third-order valence-electron chi connectivity index (χ3n) is 2.97. The smallest absolute Gasteiger partial charge is 0.140 e. The molecule has 0 fully saturated rings. The van der Waals surface area contributed by atoms with Gasteiger partial charge in [0.2, 0.25) is 0 Å². The van der Waals surface area contributed by atoms with Crippen molar-refractivity contribution in [1.82, 2.24) is 15.0 Å². The van der Waals surface area contributed by atoms with E-state index in [-0.39, 0.29) is 0 Å². The molecule has 0 aliphatic heterocycles. The van der Waals surface area contributed by atoms with Crippen LogP contribution in [0, 0.1) is 6.92 Å². The molecule has 0 aliphatic carbocycles. The zero-order valence-electron chi connectivity index (χ0n) is 10.1. The fraction of sp³-hybridized carbons (Fsp3) is 0.143. The van der Waals surface area contributed by atoms with Crippen LogP contribution in [0.25, 0.3) is 22.4 Å². The number of hydrogen-bond acceptors (Lipinski definition) is 3. The fourth-order valence-electron chi connectivity index (χ4n) is 1.93. The Hall–Kier alpha value is -2.20. The lowest BCUT2D eigenvalue weighted by Crippen LogP contribution is -1.95. The van der Waals surface area contributed by atoms with Crippen LogP contribution >= 0.6 is 0 Å². The minimum absolute atomic E-state index is 0.538. The maximum atomic E-state index is 5.63. The molecule has 1 aromatic carbocycles. The zero-order chi connectivity index (χ0) is 12.5. The molecule has 0 saturated carbocycles. The van der Waals surface area contributed by atoms with Gasteiger partial charge in [-0.05, 0) is 36.8 Å². The van der Waals surface area contributed by atoms with Crippen LogP contribution in [0.15, 0.2) is 36.5 Å². The number of fused-ring (bicyclic) bond motifs is 1. The first-order valence-corrected chi connectivity index (χ1v) is 5.88. The summed E-state index contributed by atoms with van der Waals surface area (Å²) >= 11 is 0. The Morgan fingerprint density at radius 1 is 1.22 bits per heavy atom. The number of benzene rings is 1. The molecule has 0 atom stereocenters. The van der Waals surface area contributed by atoms with Crippen molar-refractivity contribution in [3.05, 3.63) is 47.8 Å². The van der Waals surface area contributed by atoms with E-state index in [0.29, 0.717) is 6.54 Å². The lowest BCUT2D eigenvalue weighted by molar-refractivity contribution is 1.07. The summed E-state index contributed by atoms with van der Waals surface area (Å²) in [5.74, 6) is 0.840. The summed E-state index contributed by atoms with van der Waals surface area (Å²) in [5.41, 5.74) is 10.7. The molecule has 0 radical (unpaired) electrons. The molecule has 0 saturated heterocycles. The van der Waals surface area contributed by atoms with Crippen LogP contribution in [0.5, 0.6) is 0 Å². The highest BCUT2D eigenvalue weighted by molar-refractivity contribution is 5.79. The van der Waals surface area contributed by atoms with Gasteiger partial charge in [-0.25, -0.2) is 4.98 Å². The largest absolute Gasteiger partial charge is 0.338 e. The van der Waals surface area contributed by atoms with Gasteiger partial charge in [-0.1, -0.05) is 6.07 Å². The molecule has 3 rings (SSSR count). The number of nitrogens with zero attached hydrogens (tertiary/aromatic N) is 2. The second-order valence-corrected chi connectivity index (χ2v) is 4.33. The van der Waals surface area contributed by atoms with Gasteiger partial charge in [-0.2, -0.15) is 0 Å². The molecule has 18 heavy (non-hydrogen) atoms. The molecule has 4 heteroatoms. The number of pyridine rings is 1. The van der Waals surface area contributed by atoms with E-state index in [4.69, 9.17) is 5.73 Å². The molecule has 0 unspecified atom stereocenters.